The quantitative estimate of drug-likeness (QED) is 0.325. The first kappa shape index (κ1) is 23.4. The molecule has 0 amide bonds. The number of rotatable bonds is 0. The van der Waals surface area contributed by atoms with Crippen LogP contribution in [0.25, 0.3) is 0 Å². The molecule has 1 unspecified atom stereocenters. The van der Waals surface area contributed by atoms with Crippen molar-refractivity contribution in [1.29, 1.82) is 0 Å². The molecule has 0 aliphatic heterocycles. The SMILES string of the molecule is [Ag].[CaH2].[NaH].[SiH3]P. The van der Waals surface area contributed by atoms with E-state index in [1.54, 1.807) is 0 Å². The first-order valence-electron chi connectivity index (χ1n) is 0.577. The maximum absolute atomic E-state index is 2.56. The molecule has 0 rings (SSSR count). The van der Waals surface area contributed by atoms with Gasteiger partial charge in [-0.1, -0.05) is 0 Å². The minimum atomic E-state index is 0. The normalized spacial score (nSPS) is 1.80. The minimum Gasteiger partial charge on any atom is -0.159 e. The second-order valence-corrected chi connectivity index (χ2v) is 0. The van der Waals surface area contributed by atoms with Gasteiger partial charge in [-0.25, -0.2) is 0 Å². The minimum absolute atomic E-state index is 0. The molecule has 0 aliphatic carbocycles. The van der Waals surface area contributed by atoms with Gasteiger partial charge in [0.15, 0.2) is 0 Å². The van der Waals surface area contributed by atoms with Crippen LogP contribution < -0.4 is 0 Å². The van der Waals surface area contributed by atoms with Crippen LogP contribution in [0.4, 0.5) is 0 Å². The molecule has 1 atom stereocenters. The van der Waals surface area contributed by atoms with Crippen molar-refractivity contribution in [3.05, 3.63) is 0 Å². The summed E-state index contributed by atoms with van der Waals surface area (Å²) in [5.74, 6) is 0. The van der Waals surface area contributed by atoms with E-state index >= 15 is 0 Å². The molecular formula is H8AgCaNaPSi. The van der Waals surface area contributed by atoms with Crippen LogP contribution in [-0.4, -0.2) is 77.2 Å². The average molecular weight is 238 g/mol. The number of hydrogen-bond acceptors (Lipinski definition) is 0. The van der Waals surface area contributed by atoms with Crippen molar-refractivity contribution in [1.82, 2.24) is 0 Å². The predicted octanol–water partition coefficient (Wildman–Crippen LogP) is -2.43. The smallest absolute Gasteiger partial charge is 0.0252 e. The second-order valence-electron chi connectivity index (χ2n) is 0. The van der Waals surface area contributed by atoms with E-state index in [4.69, 9.17) is 0 Å². The zero-order valence-corrected chi connectivity index (χ0v) is 6.52. The van der Waals surface area contributed by atoms with Gasteiger partial charge in [-0.05, 0) is 0 Å². The predicted molar refractivity (Wildman–Crippen MR) is 35.3 cm³/mol. The summed E-state index contributed by atoms with van der Waals surface area (Å²) >= 11 is 0. The Kier molecular flexibility index (Phi) is 119. The molecule has 0 heterocycles. The van der Waals surface area contributed by atoms with E-state index in [0.29, 0.717) is 0 Å². The standard InChI is InChI=1S/Ag.Ca.Na.H5PSi.3H/c;;;1-2;;;/h;;;1H2,2H3;;;. The van der Waals surface area contributed by atoms with Gasteiger partial charge >= 0.3 is 67.3 Å². The molecule has 31 valence electrons. The van der Waals surface area contributed by atoms with Crippen LogP contribution >= 0.6 is 8.79 Å². The second kappa shape index (κ2) is 25.4. The fourth-order valence-electron chi connectivity index (χ4n) is 0. The first-order chi connectivity index (χ1) is 1.00. The fourth-order valence-corrected chi connectivity index (χ4v) is 0. The Morgan fingerprint density at radius 2 is 1.20 bits per heavy atom. The Hall–Kier alpha value is 3.65. The van der Waals surface area contributed by atoms with E-state index in [0.717, 1.165) is 0 Å². The van der Waals surface area contributed by atoms with Crippen LogP contribution in [0.3, 0.4) is 0 Å². The van der Waals surface area contributed by atoms with Crippen LogP contribution in [0, 0.1) is 0 Å². The van der Waals surface area contributed by atoms with E-state index in [9.17, 15) is 0 Å². The van der Waals surface area contributed by atoms with Crippen LogP contribution in [0.2, 0.25) is 0 Å². The van der Waals surface area contributed by atoms with E-state index in [2.05, 4.69) is 8.79 Å². The van der Waals surface area contributed by atoms with Gasteiger partial charge in [-0.2, -0.15) is 8.79 Å². The topological polar surface area (TPSA) is 0 Å². The van der Waals surface area contributed by atoms with Crippen molar-refractivity contribution in [3.8, 4) is 0 Å². The van der Waals surface area contributed by atoms with Crippen LogP contribution in [0.5, 0.6) is 0 Å². The molecule has 5 heavy (non-hydrogen) atoms. The summed E-state index contributed by atoms with van der Waals surface area (Å²) in [6, 6.07) is 0. The van der Waals surface area contributed by atoms with Crippen molar-refractivity contribution in [2.45, 2.75) is 0 Å². The first-order valence-corrected chi connectivity index (χ1v) is 5.20. The molecule has 0 nitrogen and oxygen atoms in total. The third-order valence-corrected chi connectivity index (χ3v) is 0. The molecule has 0 N–H and O–H groups in total. The molecule has 0 aromatic rings. The molecule has 0 bridgehead atoms. The molecule has 0 saturated carbocycles. The summed E-state index contributed by atoms with van der Waals surface area (Å²) in [6.45, 7) is 0. The maximum atomic E-state index is 2.56. The maximum Gasteiger partial charge on any atom is 0.0252 e. The van der Waals surface area contributed by atoms with Gasteiger partial charge in [0.05, 0.1) is 0 Å². The van der Waals surface area contributed by atoms with Crippen LogP contribution in [0.1, 0.15) is 0 Å². The zero-order valence-electron chi connectivity index (χ0n) is 1.88. The molecule has 5 heteroatoms. The van der Waals surface area contributed by atoms with Gasteiger partial charge in [-0.15, -0.1) is 0 Å². The average Bonchev–Trinajstić information content (AvgIpc) is 1.00. The molecule has 0 aromatic heterocycles. The van der Waals surface area contributed by atoms with Gasteiger partial charge in [0.1, 0.15) is 0 Å². The van der Waals surface area contributed by atoms with Crippen molar-refractivity contribution in [2.75, 3.05) is 0 Å². The van der Waals surface area contributed by atoms with Gasteiger partial charge in [-0.3, -0.25) is 0 Å². The molecular weight excluding hydrogens is 230 g/mol. The fraction of sp³-hybridized carbons (Fsp3) is 0. The Morgan fingerprint density at radius 1 is 1.20 bits per heavy atom. The largest absolute Gasteiger partial charge is 0.159 e. The van der Waals surface area contributed by atoms with E-state index in [1.807, 2.05) is 0 Å². The van der Waals surface area contributed by atoms with Crippen LogP contribution in [-0.2, 0) is 22.4 Å². The zero-order chi connectivity index (χ0) is 2.00. The Morgan fingerprint density at radius 3 is 1.20 bits per heavy atom. The summed E-state index contributed by atoms with van der Waals surface area (Å²) < 4.78 is 0. The Bertz CT molecular complexity index is 11.6. The summed E-state index contributed by atoms with van der Waals surface area (Å²) in [6.07, 6.45) is 0. The summed E-state index contributed by atoms with van der Waals surface area (Å²) in [4.78, 5) is 0. The van der Waals surface area contributed by atoms with Crippen molar-refractivity contribution >= 4 is 86.0 Å². The molecule has 0 fully saturated rings. The molecule has 0 spiro atoms. The summed E-state index contributed by atoms with van der Waals surface area (Å²) in [5, 5.41) is 0. The van der Waals surface area contributed by atoms with Gasteiger partial charge < -0.3 is 0 Å². The van der Waals surface area contributed by atoms with Crippen molar-refractivity contribution in [2.24, 2.45) is 0 Å². The Balaban J connectivity index is -0.00000000167. The Labute approximate surface area is 106 Å². The van der Waals surface area contributed by atoms with Gasteiger partial charge in [0.2, 0.25) is 0 Å². The van der Waals surface area contributed by atoms with E-state index in [-0.39, 0.29) is 89.7 Å². The summed E-state index contributed by atoms with van der Waals surface area (Å²) in [7, 11) is 3.78. The molecule has 0 aromatic carbocycles. The van der Waals surface area contributed by atoms with Crippen molar-refractivity contribution < 1.29 is 22.4 Å². The van der Waals surface area contributed by atoms with Gasteiger partial charge in [0.25, 0.3) is 0 Å². The van der Waals surface area contributed by atoms with E-state index < -0.39 is 0 Å². The third-order valence-electron chi connectivity index (χ3n) is 0. The van der Waals surface area contributed by atoms with Gasteiger partial charge in [0, 0.05) is 32.3 Å². The molecule has 1 radical (unpaired) electrons. The molecule has 0 saturated heterocycles. The van der Waals surface area contributed by atoms with E-state index in [1.165, 1.54) is 9.91 Å². The summed E-state index contributed by atoms with van der Waals surface area (Å²) in [5.41, 5.74) is 0. The molecule has 0 aliphatic rings. The third kappa shape index (κ3) is 18.3. The van der Waals surface area contributed by atoms with Crippen molar-refractivity contribution in [3.63, 3.8) is 0 Å². The number of hydrogen-bond donors (Lipinski definition) is 0. The van der Waals surface area contributed by atoms with Crippen LogP contribution in [0.15, 0.2) is 0 Å². The monoisotopic (exact) mass is 237 g/mol.